The van der Waals surface area contributed by atoms with E-state index < -0.39 is 15.5 Å². The fraction of sp³-hybridized carbons (Fsp3) is 0.393. The predicted octanol–water partition coefficient (Wildman–Crippen LogP) is 4.69. The van der Waals surface area contributed by atoms with Crippen LogP contribution >= 0.6 is 0 Å². The van der Waals surface area contributed by atoms with Gasteiger partial charge in [0.25, 0.3) is 0 Å². The number of anilines is 2. The second-order valence-electron chi connectivity index (χ2n) is 10.6. The summed E-state index contributed by atoms with van der Waals surface area (Å²) in [4.78, 5) is 16.1. The Hall–Kier alpha value is -3.41. The molecule has 1 atom stereocenters. The van der Waals surface area contributed by atoms with Crippen molar-refractivity contribution in [3.05, 3.63) is 65.2 Å². The number of hydrogen-bond acceptors (Lipinski definition) is 8. The first-order valence-electron chi connectivity index (χ1n) is 13.4. The summed E-state index contributed by atoms with van der Waals surface area (Å²) in [5.74, 6) is 2.10. The van der Waals surface area contributed by atoms with Crippen LogP contribution in [0.3, 0.4) is 0 Å². The molecule has 1 aromatic carbocycles. The summed E-state index contributed by atoms with van der Waals surface area (Å²) in [5.41, 5.74) is 5.62. The predicted molar refractivity (Wildman–Crippen MR) is 149 cm³/mol. The van der Waals surface area contributed by atoms with Gasteiger partial charge < -0.3 is 15.0 Å². The van der Waals surface area contributed by atoms with Gasteiger partial charge in [-0.1, -0.05) is 6.07 Å². The average Bonchev–Trinajstić information content (AvgIpc) is 3.24. The molecule has 5 heterocycles. The lowest BCUT2D eigenvalue weighted by atomic mass is 9.77. The Labute approximate surface area is 226 Å². The molecule has 1 saturated heterocycles. The van der Waals surface area contributed by atoms with E-state index >= 15 is 0 Å². The molecule has 9 nitrogen and oxygen atoms in total. The van der Waals surface area contributed by atoms with Gasteiger partial charge in [0, 0.05) is 31.2 Å². The number of fused-ring (bicyclic) bond motifs is 1. The van der Waals surface area contributed by atoms with Crippen molar-refractivity contribution in [1.29, 1.82) is 0 Å². The normalized spacial score (nSPS) is 20.5. The van der Waals surface area contributed by atoms with E-state index in [1.807, 2.05) is 0 Å². The standard InChI is InChI=1S/C28H30FN7O2S/c1-35-15-19-5-2-4-18-12-21(13-20(16-35)26(18)19)31-28-30-14-22-23(29)17-36(27(22)33-28)25-7-3-6-24(32-25)34-39(37)10-8-38-9-11-39/h3,6-7,12-14,17,19H,2,4-5,8-11,15-16H2,1H3,(H,30,31,33). The Morgan fingerprint density at radius 1 is 1.18 bits per heavy atom. The topological polar surface area (TPSA) is 97.5 Å². The summed E-state index contributed by atoms with van der Waals surface area (Å²) in [6, 6.07) is 9.65. The summed E-state index contributed by atoms with van der Waals surface area (Å²) in [5, 5.41) is 3.66. The lowest BCUT2D eigenvalue weighted by Crippen LogP contribution is -2.33. The minimum absolute atomic E-state index is 0.296. The molecule has 0 bridgehead atoms. The van der Waals surface area contributed by atoms with Crippen molar-refractivity contribution in [2.75, 3.05) is 43.6 Å². The highest BCUT2D eigenvalue weighted by atomic mass is 32.2. The van der Waals surface area contributed by atoms with E-state index in [4.69, 9.17) is 4.74 Å². The van der Waals surface area contributed by atoms with Gasteiger partial charge in [0.2, 0.25) is 5.95 Å². The SMILES string of the molecule is CN1Cc2cc(Nc3ncc4c(F)cn(-c5cccc(N=S6(=O)CCOCC6)n5)c4n3)cc3c2C(CCC3)C1. The Morgan fingerprint density at radius 2 is 2.03 bits per heavy atom. The quantitative estimate of drug-likeness (QED) is 0.396. The second kappa shape index (κ2) is 9.65. The van der Waals surface area contributed by atoms with Crippen LogP contribution in [-0.2, 0) is 27.4 Å². The van der Waals surface area contributed by atoms with Gasteiger partial charge in [-0.25, -0.2) is 18.6 Å². The number of likely N-dealkylation sites (N-methyl/N-ethyl adjacent to an activating group) is 1. The van der Waals surface area contributed by atoms with Crippen molar-refractivity contribution in [1.82, 2.24) is 24.4 Å². The fourth-order valence-corrected chi connectivity index (χ4v) is 7.67. The van der Waals surface area contributed by atoms with Crippen molar-refractivity contribution in [3.63, 3.8) is 0 Å². The van der Waals surface area contributed by atoms with Crippen LogP contribution in [-0.4, -0.2) is 66.9 Å². The molecule has 0 spiro atoms. The zero-order chi connectivity index (χ0) is 26.6. The zero-order valence-electron chi connectivity index (χ0n) is 21.8. The van der Waals surface area contributed by atoms with Gasteiger partial charge in [-0.3, -0.25) is 4.57 Å². The second-order valence-corrected chi connectivity index (χ2v) is 13.2. The number of ether oxygens (including phenoxy) is 1. The Bertz CT molecular complexity index is 1700. The fourth-order valence-electron chi connectivity index (χ4n) is 6.08. The Morgan fingerprint density at radius 3 is 2.90 bits per heavy atom. The van der Waals surface area contributed by atoms with Crippen LogP contribution in [0, 0.1) is 5.82 Å². The Kier molecular flexibility index (Phi) is 6.09. The molecule has 7 rings (SSSR count). The molecule has 1 N–H and O–H groups in total. The number of hydrogen-bond donors (Lipinski definition) is 1. The van der Waals surface area contributed by atoms with Crippen LogP contribution in [0.2, 0.25) is 0 Å². The molecule has 4 aromatic rings. The summed E-state index contributed by atoms with van der Waals surface area (Å²) in [7, 11) is -0.245. The maximum atomic E-state index is 14.9. The van der Waals surface area contributed by atoms with Crippen LogP contribution < -0.4 is 5.32 Å². The minimum atomic E-state index is -2.42. The van der Waals surface area contributed by atoms with Crippen LogP contribution in [0.25, 0.3) is 16.9 Å². The first kappa shape index (κ1) is 24.6. The van der Waals surface area contributed by atoms with Crippen LogP contribution in [0.1, 0.15) is 35.4 Å². The van der Waals surface area contributed by atoms with Crippen molar-refractivity contribution in [2.45, 2.75) is 31.7 Å². The highest BCUT2D eigenvalue weighted by Crippen LogP contribution is 2.40. The summed E-state index contributed by atoms with van der Waals surface area (Å²) < 4.78 is 39.3. The molecule has 0 amide bonds. The minimum Gasteiger partial charge on any atom is -0.379 e. The third-order valence-corrected chi connectivity index (χ3v) is 9.93. The average molecular weight is 548 g/mol. The zero-order valence-corrected chi connectivity index (χ0v) is 22.6. The molecule has 1 fully saturated rings. The first-order chi connectivity index (χ1) is 18.9. The highest BCUT2D eigenvalue weighted by molar-refractivity contribution is 7.93. The molecule has 0 radical (unpaired) electrons. The maximum absolute atomic E-state index is 14.9. The largest absolute Gasteiger partial charge is 0.379 e. The molecule has 2 aliphatic heterocycles. The molecular weight excluding hydrogens is 517 g/mol. The van der Waals surface area contributed by atoms with Crippen LogP contribution in [0.5, 0.6) is 0 Å². The summed E-state index contributed by atoms with van der Waals surface area (Å²) in [6.45, 7) is 2.88. The van der Waals surface area contributed by atoms with Gasteiger partial charge in [0.15, 0.2) is 17.3 Å². The van der Waals surface area contributed by atoms with E-state index in [1.165, 1.54) is 41.9 Å². The van der Waals surface area contributed by atoms with Crippen LogP contribution in [0.4, 0.5) is 21.8 Å². The van der Waals surface area contributed by atoms with Crippen molar-refractivity contribution < 1.29 is 13.3 Å². The van der Waals surface area contributed by atoms with Gasteiger partial charge in [0.1, 0.15) is 5.82 Å². The smallest absolute Gasteiger partial charge is 0.229 e. The van der Waals surface area contributed by atoms with Crippen molar-refractivity contribution in [3.8, 4) is 5.82 Å². The monoisotopic (exact) mass is 547 g/mol. The van der Waals surface area contributed by atoms with Gasteiger partial charge in [-0.15, -0.1) is 0 Å². The maximum Gasteiger partial charge on any atom is 0.229 e. The van der Waals surface area contributed by atoms with E-state index in [9.17, 15) is 8.60 Å². The number of nitrogens with one attached hydrogen (secondary N) is 1. The number of benzene rings is 1. The third kappa shape index (κ3) is 4.68. The molecule has 39 heavy (non-hydrogen) atoms. The van der Waals surface area contributed by atoms with E-state index in [2.05, 4.69) is 48.7 Å². The van der Waals surface area contributed by atoms with Gasteiger partial charge in [0.05, 0.1) is 39.8 Å². The van der Waals surface area contributed by atoms with E-state index in [1.54, 1.807) is 22.8 Å². The third-order valence-electron chi connectivity index (χ3n) is 7.80. The molecule has 202 valence electrons. The summed E-state index contributed by atoms with van der Waals surface area (Å²) in [6.07, 6.45) is 6.37. The summed E-state index contributed by atoms with van der Waals surface area (Å²) >= 11 is 0. The molecule has 1 aliphatic carbocycles. The number of pyridine rings is 1. The number of nitrogens with zero attached hydrogens (tertiary/aromatic N) is 6. The van der Waals surface area contributed by atoms with Crippen molar-refractivity contribution >= 4 is 38.2 Å². The van der Waals surface area contributed by atoms with E-state index in [0.29, 0.717) is 59.3 Å². The first-order valence-corrected chi connectivity index (χ1v) is 15.2. The van der Waals surface area contributed by atoms with Crippen LogP contribution in [0.15, 0.2) is 47.1 Å². The molecule has 3 aromatic heterocycles. The molecule has 3 aliphatic rings. The van der Waals surface area contributed by atoms with Gasteiger partial charge in [-0.2, -0.15) is 9.35 Å². The molecule has 11 heteroatoms. The van der Waals surface area contributed by atoms with E-state index in [-0.39, 0.29) is 0 Å². The van der Waals surface area contributed by atoms with Gasteiger partial charge >= 0.3 is 0 Å². The van der Waals surface area contributed by atoms with Crippen molar-refractivity contribution in [2.24, 2.45) is 4.36 Å². The highest BCUT2D eigenvalue weighted by Gasteiger charge is 2.29. The lowest BCUT2D eigenvalue weighted by Gasteiger charge is -2.37. The molecule has 0 saturated carbocycles. The number of aromatic nitrogens is 4. The number of rotatable bonds is 4. The van der Waals surface area contributed by atoms with Gasteiger partial charge in [-0.05, 0) is 73.2 Å². The lowest BCUT2D eigenvalue weighted by molar-refractivity contribution is 0.158. The molecular formula is C28H30FN7O2S. The number of aryl methyl sites for hydroxylation is 1. The number of halogens is 1. The Balaban J connectivity index is 1.24. The van der Waals surface area contributed by atoms with E-state index in [0.717, 1.165) is 25.2 Å². The molecule has 1 unspecified atom stereocenters.